The largest absolute Gasteiger partial charge is 0.505 e. The molecule has 72 valence electrons. The van der Waals surface area contributed by atoms with E-state index < -0.39 is 0 Å². The van der Waals surface area contributed by atoms with Crippen molar-refractivity contribution in [2.75, 3.05) is 11.9 Å². The van der Waals surface area contributed by atoms with Gasteiger partial charge in [0, 0.05) is 11.9 Å². The van der Waals surface area contributed by atoms with Crippen LogP contribution >= 0.6 is 0 Å². The summed E-state index contributed by atoms with van der Waals surface area (Å²) < 4.78 is 0. The summed E-state index contributed by atoms with van der Waals surface area (Å²) in [7, 11) is 0. The van der Waals surface area contributed by atoms with E-state index in [9.17, 15) is 5.11 Å². The molecule has 0 spiro atoms. The second-order valence-corrected chi connectivity index (χ2v) is 3.21. The molecule has 0 amide bonds. The van der Waals surface area contributed by atoms with Crippen molar-refractivity contribution in [1.29, 1.82) is 0 Å². The molecular weight excluding hydrogens is 174 g/mol. The first-order chi connectivity index (χ1) is 6.83. The van der Waals surface area contributed by atoms with Crippen LogP contribution in [0.5, 0.6) is 5.75 Å². The van der Waals surface area contributed by atoms with Crippen molar-refractivity contribution in [2.24, 2.45) is 0 Å². The van der Waals surface area contributed by atoms with Gasteiger partial charge >= 0.3 is 0 Å². The molecule has 0 bridgehead atoms. The smallest absolute Gasteiger partial charge is 0.146 e. The summed E-state index contributed by atoms with van der Waals surface area (Å²) in [5.74, 6) is 0.338. The molecule has 2 N–H and O–H groups in total. The second kappa shape index (κ2) is 3.58. The third kappa shape index (κ3) is 1.39. The molecule has 0 radical (unpaired) electrons. The summed E-state index contributed by atoms with van der Waals surface area (Å²) in [6.45, 7) is 2.82. The second-order valence-electron chi connectivity index (χ2n) is 3.21. The van der Waals surface area contributed by atoms with Gasteiger partial charge < -0.3 is 10.4 Å². The predicted octanol–water partition coefficient (Wildman–Crippen LogP) is 2.98. The molecule has 0 aliphatic rings. The summed E-state index contributed by atoms with van der Waals surface area (Å²) in [5.41, 5.74) is 0.797. The molecule has 0 fully saturated rings. The summed E-state index contributed by atoms with van der Waals surface area (Å²) in [4.78, 5) is 0. The first-order valence-electron chi connectivity index (χ1n) is 4.77. The van der Waals surface area contributed by atoms with Crippen LogP contribution in [0.15, 0.2) is 36.4 Å². The molecule has 0 atom stereocenters. The Balaban J connectivity index is 2.63. The number of fused-ring (bicyclic) bond motifs is 1. The number of hydrogen-bond donors (Lipinski definition) is 2. The van der Waals surface area contributed by atoms with Gasteiger partial charge in [0.2, 0.25) is 0 Å². The third-order valence-corrected chi connectivity index (χ3v) is 2.27. The average Bonchev–Trinajstić information content (AvgIpc) is 2.23. The van der Waals surface area contributed by atoms with Crippen LogP contribution < -0.4 is 5.32 Å². The highest BCUT2D eigenvalue weighted by molar-refractivity contribution is 5.92. The van der Waals surface area contributed by atoms with E-state index in [1.165, 1.54) is 0 Å². The first kappa shape index (κ1) is 8.88. The lowest BCUT2D eigenvalue weighted by atomic mass is 10.1. The standard InChI is InChI=1S/C12H13NO/c1-2-13-11-8-7-9-5-3-4-6-10(9)12(11)14/h3-8,13-14H,2H2,1H3. The molecule has 0 aromatic heterocycles. The molecule has 0 unspecified atom stereocenters. The molecule has 14 heavy (non-hydrogen) atoms. The number of benzene rings is 2. The molecule has 0 heterocycles. The van der Waals surface area contributed by atoms with E-state index in [2.05, 4.69) is 5.32 Å². The monoisotopic (exact) mass is 187 g/mol. The number of phenolic OH excluding ortho intramolecular Hbond substituents is 1. The molecule has 2 heteroatoms. The van der Waals surface area contributed by atoms with Gasteiger partial charge in [-0.25, -0.2) is 0 Å². The van der Waals surface area contributed by atoms with Gasteiger partial charge in [-0.3, -0.25) is 0 Å². The highest BCUT2D eigenvalue weighted by atomic mass is 16.3. The maximum Gasteiger partial charge on any atom is 0.146 e. The Hall–Kier alpha value is -1.70. The molecule has 0 saturated heterocycles. The van der Waals surface area contributed by atoms with E-state index in [1.54, 1.807) is 0 Å². The van der Waals surface area contributed by atoms with Crippen LogP contribution in [0.25, 0.3) is 10.8 Å². The van der Waals surface area contributed by atoms with E-state index in [0.717, 1.165) is 23.0 Å². The van der Waals surface area contributed by atoms with Crippen LogP contribution in [-0.4, -0.2) is 11.7 Å². The zero-order valence-corrected chi connectivity index (χ0v) is 8.12. The van der Waals surface area contributed by atoms with Gasteiger partial charge in [0.25, 0.3) is 0 Å². The fraction of sp³-hybridized carbons (Fsp3) is 0.167. The zero-order valence-electron chi connectivity index (χ0n) is 8.12. The quantitative estimate of drug-likeness (QED) is 0.708. The van der Waals surface area contributed by atoms with Crippen LogP contribution in [0.2, 0.25) is 0 Å². The lowest BCUT2D eigenvalue weighted by molar-refractivity contribution is 0.483. The van der Waals surface area contributed by atoms with Gasteiger partial charge in [0.15, 0.2) is 0 Å². The van der Waals surface area contributed by atoms with E-state index in [4.69, 9.17) is 0 Å². The summed E-state index contributed by atoms with van der Waals surface area (Å²) in [6.07, 6.45) is 0. The Morgan fingerprint density at radius 3 is 2.71 bits per heavy atom. The van der Waals surface area contributed by atoms with Gasteiger partial charge in [-0.05, 0) is 18.4 Å². The molecule has 2 rings (SSSR count). The number of hydrogen-bond acceptors (Lipinski definition) is 2. The molecule has 2 nitrogen and oxygen atoms in total. The van der Waals surface area contributed by atoms with E-state index in [0.29, 0.717) is 5.75 Å². The molecular formula is C12H13NO. The average molecular weight is 187 g/mol. The van der Waals surface area contributed by atoms with Crippen LogP contribution in [0.1, 0.15) is 6.92 Å². The summed E-state index contributed by atoms with van der Waals surface area (Å²) in [6, 6.07) is 11.7. The number of phenols is 1. The van der Waals surface area contributed by atoms with Crippen LogP contribution in [-0.2, 0) is 0 Å². The zero-order chi connectivity index (χ0) is 9.97. The number of nitrogens with one attached hydrogen (secondary N) is 1. The molecule has 0 saturated carbocycles. The number of anilines is 1. The summed E-state index contributed by atoms with van der Waals surface area (Å²) in [5, 5.41) is 15.0. The van der Waals surface area contributed by atoms with Gasteiger partial charge in [-0.1, -0.05) is 30.3 Å². The van der Waals surface area contributed by atoms with Gasteiger partial charge in [0.05, 0.1) is 5.69 Å². The highest BCUT2D eigenvalue weighted by Gasteiger charge is 2.03. The Bertz CT molecular complexity index is 451. The maximum absolute atomic E-state index is 9.92. The van der Waals surface area contributed by atoms with E-state index >= 15 is 0 Å². The molecule has 2 aromatic carbocycles. The van der Waals surface area contributed by atoms with Crippen molar-refractivity contribution in [3.63, 3.8) is 0 Å². The van der Waals surface area contributed by atoms with Crippen LogP contribution in [0.3, 0.4) is 0 Å². The Morgan fingerprint density at radius 1 is 1.14 bits per heavy atom. The minimum absolute atomic E-state index is 0.338. The van der Waals surface area contributed by atoms with Crippen molar-refractivity contribution >= 4 is 16.5 Å². The molecule has 2 aromatic rings. The van der Waals surface area contributed by atoms with Crippen molar-refractivity contribution in [2.45, 2.75) is 6.92 Å². The number of rotatable bonds is 2. The number of aromatic hydroxyl groups is 1. The van der Waals surface area contributed by atoms with Crippen LogP contribution in [0.4, 0.5) is 5.69 Å². The lowest BCUT2D eigenvalue weighted by Gasteiger charge is -2.08. The first-order valence-corrected chi connectivity index (χ1v) is 4.77. The van der Waals surface area contributed by atoms with Gasteiger partial charge in [-0.2, -0.15) is 0 Å². The summed E-state index contributed by atoms with van der Waals surface area (Å²) >= 11 is 0. The van der Waals surface area contributed by atoms with E-state index in [1.807, 2.05) is 43.3 Å². The normalized spacial score (nSPS) is 10.4. The lowest BCUT2D eigenvalue weighted by Crippen LogP contribution is -1.96. The molecule has 0 aliphatic carbocycles. The Labute approximate surface area is 83.2 Å². The van der Waals surface area contributed by atoms with E-state index in [-0.39, 0.29) is 0 Å². The SMILES string of the molecule is CCNc1ccc2ccccc2c1O. The molecule has 0 aliphatic heterocycles. The van der Waals surface area contributed by atoms with Gasteiger partial charge in [0.1, 0.15) is 5.75 Å². The van der Waals surface area contributed by atoms with Crippen LogP contribution in [0, 0.1) is 0 Å². The van der Waals surface area contributed by atoms with Crippen molar-refractivity contribution < 1.29 is 5.11 Å². The Morgan fingerprint density at radius 2 is 1.93 bits per heavy atom. The maximum atomic E-state index is 9.92. The minimum Gasteiger partial charge on any atom is -0.505 e. The fourth-order valence-electron chi connectivity index (χ4n) is 1.59. The minimum atomic E-state index is 0.338. The van der Waals surface area contributed by atoms with Crippen molar-refractivity contribution in [3.8, 4) is 5.75 Å². The van der Waals surface area contributed by atoms with Crippen molar-refractivity contribution in [3.05, 3.63) is 36.4 Å². The Kier molecular flexibility index (Phi) is 2.27. The fourth-order valence-corrected chi connectivity index (χ4v) is 1.59. The topological polar surface area (TPSA) is 32.3 Å². The highest BCUT2D eigenvalue weighted by Crippen LogP contribution is 2.31. The van der Waals surface area contributed by atoms with Crippen molar-refractivity contribution in [1.82, 2.24) is 0 Å². The third-order valence-electron chi connectivity index (χ3n) is 2.27. The van der Waals surface area contributed by atoms with Gasteiger partial charge in [-0.15, -0.1) is 0 Å². The predicted molar refractivity (Wildman–Crippen MR) is 59.8 cm³/mol.